The minimum Gasteiger partial charge on any atom is -0.463 e. The first-order chi connectivity index (χ1) is 11.3. The van der Waals surface area contributed by atoms with Crippen LogP contribution in [-0.2, 0) is 26.9 Å². The van der Waals surface area contributed by atoms with Gasteiger partial charge in [-0.1, -0.05) is 24.3 Å². The molecular formula is C18H24INO3S. The van der Waals surface area contributed by atoms with E-state index in [4.69, 9.17) is 4.74 Å². The van der Waals surface area contributed by atoms with E-state index in [9.17, 15) is 9.00 Å². The van der Waals surface area contributed by atoms with Crippen LogP contribution in [0.4, 0.5) is 0 Å². The zero-order valence-electron chi connectivity index (χ0n) is 14.5. The highest BCUT2D eigenvalue weighted by Gasteiger charge is 2.39. The Bertz CT molecular complexity index is 666. The lowest BCUT2D eigenvalue weighted by Crippen LogP contribution is -2.43. The molecule has 0 aromatic heterocycles. The Morgan fingerprint density at radius 1 is 1.38 bits per heavy atom. The lowest BCUT2D eigenvalue weighted by molar-refractivity contribution is -0.138. The molecule has 2 atom stereocenters. The van der Waals surface area contributed by atoms with E-state index in [1.807, 2.05) is 49.4 Å². The Balaban J connectivity index is 2.32. The van der Waals surface area contributed by atoms with Gasteiger partial charge in [0, 0.05) is 10.1 Å². The van der Waals surface area contributed by atoms with Gasteiger partial charge in [-0.15, -0.1) is 0 Å². The van der Waals surface area contributed by atoms with Crippen LogP contribution >= 0.6 is 22.6 Å². The summed E-state index contributed by atoms with van der Waals surface area (Å²) in [5.41, 5.74) is 1.77. The van der Waals surface area contributed by atoms with Crippen LogP contribution in [0.5, 0.6) is 0 Å². The van der Waals surface area contributed by atoms with Gasteiger partial charge in [0.05, 0.1) is 23.0 Å². The predicted octanol–water partition coefficient (Wildman–Crippen LogP) is 3.47. The molecule has 1 aromatic rings. The van der Waals surface area contributed by atoms with Crippen LogP contribution in [0.1, 0.15) is 33.3 Å². The first-order valence-corrected chi connectivity index (χ1v) is 10.2. The Kier molecular flexibility index (Phi) is 6.61. The molecule has 0 saturated heterocycles. The van der Waals surface area contributed by atoms with Crippen LogP contribution in [0.15, 0.2) is 35.9 Å². The van der Waals surface area contributed by atoms with Crippen molar-refractivity contribution in [2.75, 3.05) is 13.2 Å². The molecule has 0 N–H and O–H groups in total. The number of nitrogens with zero attached hydrogens (tertiary/aromatic N) is 1. The number of benzene rings is 1. The van der Waals surface area contributed by atoms with Crippen molar-refractivity contribution in [3.05, 3.63) is 45.0 Å². The van der Waals surface area contributed by atoms with Gasteiger partial charge in [0.15, 0.2) is 0 Å². The van der Waals surface area contributed by atoms with Gasteiger partial charge in [-0.05, 0) is 68.3 Å². The lowest BCUT2D eigenvalue weighted by Gasteiger charge is -2.31. The van der Waals surface area contributed by atoms with E-state index in [2.05, 4.69) is 28.7 Å². The Labute approximate surface area is 160 Å². The molecule has 0 saturated carbocycles. The van der Waals surface area contributed by atoms with Crippen molar-refractivity contribution >= 4 is 39.5 Å². The zero-order valence-corrected chi connectivity index (χ0v) is 17.5. The van der Waals surface area contributed by atoms with E-state index < -0.39 is 11.0 Å². The predicted molar refractivity (Wildman–Crippen MR) is 106 cm³/mol. The maximum absolute atomic E-state index is 12.9. The van der Waals surface area contributed by atoms with Crippen LogP contribution in [0.2, 0.25) is 0 Å². The fourth-order valence-electron chi connectivity index (χ4n) is 2.66. The van der Waals surface area contributed by atoms with Crippen molar-refractivity contribution in [2.45, 2.75) is 44.9 Å². The van der Waals surface area contributed by atoms with Gasteiger partial charge in [-0.3, -0.25) is 0 Å². The third-order valence-corrected chi connectivity index (χ3v) is 6.75. The average molecular weight is 461 g/mol. The summed E-state index contributed by atoms with van der Waals surface area (Å²) in [4.78, 5) is 12.3. The van der Waals surface area contributed by atoms with Gasteiger partial charge >= 0.3 is 5.97 Å². The van der Waals surface area contributed by atoms with Crippen LogP contribution in [0, 0.1) is 3.57 Å². The van der Waals surface area contributed by atoms with Crippen molar-refractivity contribution < 1.29 is 13.7 Å². The molecule has 4 nitrogen and oxygen atoms in total. The molecule has 1 aromatic carbocycles. The summed E-state index contributed by atoms with van der Waals surface area (Å²) in [6.45, 7) is 8.51. The second-order valence-electron chi connectivity index (χ2n) is 6.65. The van der Waals surface area contributed by atoms with E-state index in [1.165, 1.54) is 0 Å². The molecule has 24 heavy (non-hydrogen) atoms. The maximum Gasteiger partial charge on any atom is 0.335 e. The number of carbonyl (C=O) groups excluding carboxylic acids is 1. The molecular weight excluding hydrogens is 437 g/mol. The Morgan fingerprint density at radius 3 is 2.62 bits per heavy atom. The molecule has 0 aliphatic carbocycles. The first kappa shape index (κ1) is 19.6. The van der Waals surface area contributed by atoms with Crippen molar-refractivity contribution in [2.24, 2.45) is 0 Å². The van der Waals surface area contributed by atoms with Gasteiger partial charge in [-0.25, -0.2) is 13.3 Å². The van der Waals surface area contributed by atoms with Gasteiger partial charge < -0.3 is 4.74 Å². The third kappa shape index (κ3) is 4.46. The normalized spacial score (nSPS) is 19.9. The number of rotatable bonds is 5. The second kappa shape index (κ2) is 8.10. The summed E-state index contributed by atoms with van der Waals surface area (Å²) in [5.74, 6) is -0.304. The topological polar surface area (TPSA) is 46.6 Å². The molecule has 0 spiro atoms. The molecule has 1 heterocycles. The monoisotopic (exact) mass is 461 g/mol. The zero-order chi connectivity index (χ0) is 17.9. The van der Waals surface area contributed by atoms with E-state index >= 15 is 0 Å². The maximum atomic E-state index is 12.9. The largest absolute Gasteiger partial charge is 0.463 e. The molecule has 1 aliphatic heterocycles. The van der Waals surface area contributed by atoms with E-state index in [0.29, 0.717) is 25.1 Å². The Hall–Kier alpha value is -0.730. The van der Waals surface area contributed by atoms with Crippen LogP contribution < -0.4 is 0 Å². The highest BCUT2D eigenvalue weighted by Crippen LogP contribution is 2.30. The Morgan fingerprint density at radius 2 is 2.04 bits per heavy atom. The molecule has 0 fully saturated rings. The third-order valence-electron chi connectivity index (χ3n) is 3.82. The number of halogens is 1. The van der Waals surface area contributed by atoms with Gasteiger partial charge in [-0.2, -0.15) is 0 Å². The molecule has 1 aliphatic rings. The van der Waals surface area contributed by atoms with Gasteiger partial charge in [0.2, 0.25) is 0 Å². The fourth-order valence-corrected chi connectivity index (χ4v) is 4.60. The number of hydrogen-bond donors (Lipinski definition) is 0. The standard InChI is InChI=1S/C18H24INO3S/c1-5-23-17(21)14-10-11-20(24(22)18(2,3)4)16(14)12-13-8-6-7-9-15(13)19/h6-10,16H,5,11-12H2,1-4H3/t16-,24?/m0/s1. The smallest absolute Gasteiger partial charge is 0.335 e. The van der Waals surface area contributed by atoms with Crippen molar-refractivity contribution in [3.63, 3.8) is 0 Å². The second-order valence-corrected chi connectivity index (χ2v) is 10.0. The van der Waals surface area contributed by atoms with E-state index in [0.717, 1.165) is 9.13 Å². The summed E-state index contributed by atoms with van der Waals surface area (Å²) in [6.07, 6.45) is 2.51. The SMILES string of the molecule is CCOC(=O)C1=CCN(S(=O)C(C)(C)C)[C@H]1Cc1ccccc1I. The summed E-state index contributed by atoms with van der Waals surface area (Å²) in [5, 5.41) is 0. The molecule has 0 radical (unpaired) electrons. The highest BCUT2D eigenvalue weighted by molar-refractivity contribution is 14.1. The number of carbonyl (C=O) groups is 1. The van der Waals surface area contributed by atoms with Gasteiger partial charge in [0.25, 0.3) is 0 Å². The minimum atomic E-state index is -1.19. The van der Waals surface area contributed by atoms with Crippen LogP contribution in [0.3, 0.4) is 0 Å². The first-order valence-electron chi connectivity index (χ1n) is 8.05. The quantitative estimate of drug-likeness (QED) is 0.499. The van der Waals surface area contributed by atoms with E-state index in [1.54, 1.807) is 6.92 Å². The van der Waals surface area contributed by atoms with Crippen LogP contribution in [0.25, 0.3) is 0 Å². The summed E-state index contributed by atoms with van der Waals surface area (Å²) >= 11 is 2.30. The van der Waals surface area contributed by atoms with E-state index in [-0.39, 0.29) is 16.8 Å². The average Bonchev–Trinajstić information content (AvgIpc) is 2.91. The van der Waals surface area contributed by atoms with Gasteiger partial charge in [0.1, 0.15) is 11.0 Å². The molecule has 2 rings (SSSR count). The summed E-state index contributed by atoms with van der Waals surface area (Å²) in [6, 6.07) is 7.86. The summed E-state index contributed by atoms with van der Waals surface area (Å²) in [7, 11) is -1.19. The molecule has 132 valence electrons. The van der Waals surface area contributed by atoms with Crippen molar-refractivity contribution in [1.82, 2.24) is 4.31 Å². The van der Waals surface area contributed by atoms with Crippen LogP contribution in [-0.4, -0.2) is 38.4 Å². The fraction of sp³-hybridized carbons (Fsp3) is 0.500. The molecule has 1 unspecified atom stereocenters. The van der Waals surface area contributed by atoms with Crippen molar-refractivity contribution in [3.8, 4) is 0 Å². The minimum absolute atomic E-state index is 0.222. The summed E-state index contributed by atoms with van der Waals surface area (Å²) < 4.78 is 20.8. The molecule has 0 bridgehead atoms. The van der Waals surface area contributed by atoms with Crippen molar-refractivity contribution in [1.29, 1.82) is 0 Å². The lowest BCUT2D eigenvalue weighted by atomic mass is 10.0. The molecule has 6 heteroatoms. The highest BCUT2D eigenvalue weighted by atomic mass is 127. The number of hydrogen-bond acceptors (Lipinski definition) is 3. The number of esters is 1. The molecule has 0 amide bonds. The number of ether oxygens (including phenoxy) is 1.